The Labute approximate surface area is 149 Å². The Hall–Kier alpha value is -2.32. The Morgan fingerprint density at radius 2 is 2.00 bits per heavy atom. The molecule has 0 unspecified atom stereocenters. The third-order valence-electron chi connectivity index (χ3n) is 3.75. The van der Waals surface area contributed by atoms with Gasteiger partial charge in [-0.05, 0) is 18.2 Å². The lowest BCUT2D eigenvalue weighted by Crippen LogP contribution is -2.27. The highest BCUT2D eigenvalue weighted by atomic mass is 35.5. The van der Waals surface area contributed by atoms with Crippen molar-refractivity contribution in [2.24, 2.45) is 7.05 Å². The number of hydrogen-bond donors (Lipinski definition) is 2. The summed E-state index contributed by atoms with van der Waals surface area (Å²) in [5, 5.41) is 12.4. The number of nitrogens with zero attached hydrogens (tertiary/aromatic N) is 1. The molecule has 25 heavy (non-hydrogen) atoms. The SMILES string of the molecule is CNC(=O)c1c(O)c(=O)cc(CCS(=O)(=O)c2cccc(Cl)c2)n1C. The number of carbonyl (C=O) groups is 1. The summed E-state index contributed by atoms with van der Waals surface area (Å²) in [6, 6.07) is 7.01. The van der Waals surface area contributed by atoms with Crippen LogP contribution in [-0.4, -0.2) is 36.8 Å². The number of halogens is 1. The zero-order valence-electron chi connectivity index (χ0n) is 13.6. The zero-order chi connectivity index (χ0) is 18.8. The van der Waals surface area contributed by atoms with E-state index in [1.807, 2.05) is 0 Å². The Morgan fingerprint density at radius 1 is 1.32 bits per heavy atom. The van der Waals surface area contributed by atoms with Crippen molar-refractivity contribution in [3.8, 4) is 5.75 Å². The van der Waals surface area contributed by atoms with Crippen LogP contribution in [0.3, 0.4) is 0 Å². The minimum absolute atomic E-state index is 0.00907. The van der Waals surface area contributed by atoms with Crippen molar-refractivity contribution in [2.75, 3.05) is 12.8 Å². The first-order chi connectivity index (χ1) is 11.7. The number of hydrogen-bond acceptors (Lipinski definition) is 5. The Balaban J connectivity index is 2.37. The highest BCUT2D eigenvalue weighted by molar-refractivity contribution is 7.91. The van der Waals surface area contributed by atoms with Crippen LogP contribution >= 0.6 is 11.6 Å². The third kappa shape index (κ3) is 4.02. The number of benzene rings is 1. The van der Waals surface area contributed by atoms with Crippen LogP contribution in [0, 0.1) is 0 Å². The fraction of sp³-hybridized carbons (Fsp3) is 0.250. The number of carbonyl (C=O) groups excluding carboxylic acids is 1. The fourth-order valence-electron chi connectivity index (χ4n) is 2.37. The van der Waals surface area contributed by atoms with E-state index in [2.05, 4.69) is 5.32 Å². The van der Waals surface area contributed by atoms with E-state index in [0.717, 1.165) is 6.07 Å². The van der Waals surface area contributed by atoms with E-state index < -0.39 is 26.9 Å². The van der Waals surface area contributed by atoms with Crippen LogP contribution in [0.5, 0.6) is 5.75 Å². The summed E-state index contributed by atoms with van der Waals surface area (Å²) in [6.45, 7) is 0. The highest BCUT2D eigenvalue weighted by Crippen LogP contribution is 2.19. The largest absolute Gasteiger partial charge is 0.503 e. The molecule has 0 aliphatic carbocycles. The number of amides is 1. The van der Waals surface area contributed by atoms with E-state index in [1.165, 1.54) is 36.9 Å². The molecule has 2 aromatic rings. The molecule has 0 atom stereocenters. The van der Waals surface area contributed by atoms with Crippen molar-refractivity contribution in [1.29, 1.82) is 0 Å². The molecule has 0 spiro atoms. The molecule has 0 fully saturated rings. The maximum absolute atomic E-state index is 12.4. The van der Waals surface area contributed by atoms with Gasteiger partial charge in [0.05, 0.1) is 10.6 Å². The van der Waals surface area contributed by atoms with Gasteiger partial charge >= 0.3 is 0 Å². The van der Waals surface area contributed by atoms with Crippen LogP contribution in [0.4, 0.5) is 0 Å². The van der Waals surface area contributed by atoms with Crippen LogP contribution in [0.15, 0.2) is 40.0 Å². The van der Waals surface area contributed by atoms with Gasteiger partial charge in [-0.1, -0.05) is 17.7 Å². The number of nitrogens with one attached hydrogen (secondary N) is 1. The molecule has 0 saturated heterocycles. The van der Waals surface area contributed by atoms with Crippen molar-refractivity contribution < 1.29 is 18.3 Å². The molecule has 7 nitrogen and oxygen atoms in total. The normalized spacial score (nSPS) is 11.3. The Kier molecular flexibility index (Phi) is 5.54. The van der Waals surface area contributed by atoms with Crippen molar-refractivity contribution in [3.63, 3.8) is 0 Å². The molecule has 2 N–H and O–H groups in total. The minimum Gasteiger partial charge on any atom is -0.503 e. The minimum atomic E-state index is -3.62. The molecule has 0 aliphatic heterocycles. The van der Waals surface area contributed by atoms with E-state index in [9.17, 15) is 23.1 Å². The first-order valence-corrected chi connectivity index (χ1v) is 9.32. The first-order valence-electron chi connectivity index (χ1n) is 7.29. The van der Waals surface area contributed by atoms with E-state index in [4.69, 9.17) is 11.6 Å². The van der Waals surface area contributed by atoms with Crippen LogP contribution in [0.2, 0.25) is 5.02 Å². The average Bonchev–Trinajstić information content (AvgIpc) is 2.57. The van der Waals surface area contributed by atoms with E-state index in [1.54, 1.807) is 6.07 Å². The number of aryl methyl sites for hydroxylation is 1. The van der Waals surface area contributed by atoms with Crippen LogP contribution in [0.25, 0.3) is 0 Å². The van der Waals surface area contributed by atoms with Crippen LogP contribution in [0.1, 0.15) is 16.2 Å². The first kappa shape index (κ1) is 19.0. The summed E-state index contributed by atoms with van der Waals surface area (Å²) in [5.41, 5.74) is -0.649. The number of rotatable bonds is 5. The summed E-state index contributed by atoms with van der Waals surface area (Å²) in [4.78, 5) is 23.8. The Morgan fingerprint density at radius 3 is 2.60 bits per heavy atom. The smallest absolute Gasteiger partial charge is 0.271 e. The predicted octanol–water partition coefficient (Wildman–Crippen LogP) is 1.12. The number of sulfone groups is 1. The molecule has 1 amide bonds. The molecule has 0 saturated carbocycles. The lowest BCUT2D eigenvalue weighted by molar-refractivity contribution is 0.0950. The van der Waals surface area contributed by atoms with Crippen molar-refractivity contribution in [1.82, 2.24) is 9.88 Å². The lowest BCUT2D eigenvalue weighted by Gasteiger charge is -2.15. The van der Waals surface area contributed by atoms with Crippen molar-refractivity contribution >= 4 is 27.3 Å². The van der Waals surface area contributed by atoms with Crippen molar-refractivity contribution in [3.05, 3.63) is 57.0 Å². The van der Waals surface area contributed by atoms with Gasteiger partial charge in [-0.2, -0.15) is 0 Å². The number of aromatic hydroxyl groups is 1. The van der Waals surface area contributed by atoms with Gasteiger partial charge in [-0.25, -0.2) is 8.42 Å². The maximum Gasteiger partial charge on any atom is 0.271 e. The summed E-state index contributed by atoms with van der Waals surface area (Å²) >= 11 is 5.82. The quantitative estimate of drug-likeness (QED) is 0.803. The van der Waals surface area contributed by atoms with Gasteiger partial charge in [-0.15, -0.1) is 0 Å². The molecule has 0 aliphatic rings. The summed E-state index contributed by atoms with van der Waals surface area (Å²) < 4.78 is 26.2. The molecule has 1 aromatic carbocycles. The second-order valence-corrected chi connectivity index (χ2v) is 7.91. The molecule has 134 valence electrons. The predicted molar refractivity (Wildman–Crippen MR) is 93.9 cm³/mol. The molecular formula is C16H17ClN2O5S. The second-order valence-electron chi connectivity index (χ2n) is 5.36. The molecular weight excluding hydrogens is 368 g/mol. The van der Waals surface area contributed by atoms with Crippen LogP contribution in [-0.2, 0) is 23.3 Å². The third-order valence-corrected chi connectivity index (χ3v) is 5.69. The van der Waals surface area contributed by atoms with Gasteiger partial charge < -0.3 is 15.0 Å². The second kappa shape index (κ2) is 7.28. The maximum atomic E-state index is 12.4. The van der Waals surface area contributed by atoms with Gasteiger partial charge in [0, 0.05) is 37.3 Å². The zero-order valence-corrected chi connectivity index (χ0v) is 15.2. The fourth-order valence-corrected chi connectivity index (χ4v) is 3.93. The molecule has 2 rings (SSSR count). The van der Waals surface area contributed by atoms with Gasteiger partial charge in [0.25, 0.3) is 5.91 Å². The number of aromatic nitrogens is 1. The molecule has 9 heteroatoms. The molecule has 0 radical (unpaired) electrons. The van der Waals surface area contributed by atoms with Gasteiger partial charge in [-0.3, -0.25) is 9.59 Å². The summed E-state index contributed by atoms with van der Waals surface area (Å²) in [6.07, 6.45) is -0.00907. The Bertz CT molecular complexity index is 983. The average molecular weight is 385 g/mol. The molecule has 1 aromatic heterocycles. The van der Waals surface area contributed by atoms with E-state index in [-0.39, 0.29) is 22.8 Å². The van der Waals surface area contributed by atoms with Gasteiger partial charge in [0.2, 0.25) is 5.43 Å². The topological polar surface area (TPSA) is 105 Å². The molecule has 1 heterocycles. The van der Waals surface area contributed by atoms with Crippen LogP contribution < -0.4 is 10.7 Å². The highest BCUT2D eigenvalue weighted by Gasteiger charge is 2.21. The monoisotopic (exact) mass is 384 g/mol. The van der Waals surface area contributed by atoms with E-state index >= 15 is 0 Å². The standard InChI is InChI=1S/C16H17ClN2O5S/c1-18-16(22)14-15(21)13(20)9-11(19(14)2)6-7-25(23,24)12-5-3-4-10(17)8-12/h3-5,8-9,21H,6-7H2,1-2H3,(H,18,22). The van der Waals surface area contributed by atoms with Crippen molar-refractivity contribution in [2.45, 2.75) is 11.3 Å². The summed E-state index contributed by atoms with van der Waals surface area (Å²) in [7, 11) is -0.781. The number of pyridine rings is 1. The van der Waals surface area contributed by atoms with Gasteiger partial charge in [0.1, 0.15) is 0 Å². The summed E-state index contributed by atoms with van der Waals surface area (Å²) in [5.74, 6) is -1.60. The lowest BCUT2D eigenvalue weighted by atomic mass is 10.2. The van der Waals surface area contributed by atoms with E-state index in [0.29, 0.717) is 10.7 Å². The van der Waals surface area contributed by atoms with Gasteiger partial charge in [0.15, 0.2) is 21.3 Å². The molecule has 0 bridgehead atoms.